The van der Waals surface area contributed by atoms with Gasteiger partial charge < -0.3 is 15.4 Å². The van der Waals surface area contributed by atoms with Crippen LogP contribution in [0.1, 0.15) is 45.4 Å². The molecule has 1 aromatic carbocycles. The third kappa shape index (κ3) is 10.3. The minimum absolute atomic E-state index is 0. The van der Waals surface area contributed by atoms with Crippen molar-refractivity contribution in [1.29, 1.82) is 0 Å². The molecule has 1 heterocycles. The molecule has 0 saturated heterocycles. The van der Waals surface area contributed by atoms with Crippen LogP contribution >= 0.6 is 24.0 Å². The van der Waals surface area contributed by atoms with Crippen LogP contribution in [-0.4, -0.2) is 48.1 Å². The molecule has 0 amide bonds. The highest BCUT2D eigenvalue weighted by atomic mass is 127. The average molecular weight is 540 g/mol. The molecule has 0 bridgehead atoms. The Morgan fingerprint density at radius 3 is 2.32 bits per heavy atom. The van der Waals surface area contributed by atoms with Crippen LogP contribution in [0.4, 0.5) is 0 Å². The summed E-state index contributed by atoms with van der Waals surface area (Å²) in [5.41, 5.74) is 2.09. The molecule has 0 saturated carbocycles. The number of aliphatic imine (C=N–C) groups is 1. The maximum atomic E-state index is 5.79. The fourth-order valence-corrected chi connectivity index (χ4v) is 3.33. The summed E-state index contributed by atoms with van der Waals surface area (Å²) < 4.78 is 5.79. The van der Waals surface area contributed by atoms with E-state index in [0.717, 1.165) is 36.9 Å². The minimum Gasteiger partial charge on any atom is -0.487 e. The predicted octanol–water partition coefficient (Wildman–Crippen LogP) is 4.45. The monoisotopic (exact) mass is 539 g/mol. The zero-order valence-electron chi connectivity index (χ0n) is 19.5. The zero-order chi connectivity index (χ0) is 21.8. The molecule has 7 heteroatoms. The molecular formula is C24H38IN5O. The number of aromatic nitrogens is 1. The van der Waals surface area contributed by atoms with Crippen molar-refractivity contribution in [1.82, 2.24) is 20.5 Å². The molecule has 0 unspecified atom stereocenters. The topological polar surface area (TPSA) is 61.8 Å². The van der Waals surface area contributed by atoms with Gasteiger partial charge in [0.05, 0.1) is 5.69 Å². The Morgan fingerprint density at radius 2 is 1.74 bits per heavy atom. The Balaban J connectivity index is 0.00000480. The maximum absolute atomic E-state index is 5.79. The summed E-state index contributed by atoms with van der Waals surface area (Å²) in [6.07, 6.45) is 2.86. The number of halogens is 1. The number of hydrogen-bond acceptors (Lipinski definition) is 4. The van der Waals surface area contributed by atoms with Gasteiger partial charge in [0.1, 0.15) is 12.4 Å². The largest absolute Gasteiger partial charge is 0.487 e. The van der Waals surface area contributed by atoms with Crippen LogP contribution in [0.3, 0.4) is 0 Å². The fraction of sp³-hybridized carbons (Fsp3) is 0.500. The Hall–Kier alpha value is -1.87. The quantitative estimate of drug-likeness (QED) is 0.191. The molecule has 0 aliphatic carbocycles. The van der Waals surface area contributed by atoms with Crippen molar-refractivity contribution in [2.75, 3.05) is 20.1 Å². The lowest BCUT2D eigenvalue weighted by molar-refractivity contribution is 0.173. The highest BCUT2D eigenvalue weighted by Gasteiger charge is 2.12. The van der Waals surface area contributed by atoms with Crippen molar-refractivity contribution < 1.29 is 4.74 Å². The molecule has 2 rings (SSSR count). The number of ether oxygens (including phenoxy) is 1. The average Bonchev–Trinajstić information content (AvgIpc) is 2.75. The normalized spacial score (nSPS) is 11.5. The maximum Gasteiger partial charge on any atom is 0.191 e. The summed E-state index contributed by atoms with van der Waals surface area (Å²) in [5, 5.41) is 6.77. The molecule has 0 radical (unpaired) electrons. The van der Waals surface area contributed by atoms with E-state index in [1.807, 2.05) is 30.3 Å². The number of guanidine groups is 1. The van der Waals surface area contributed by atoms with E-state index in [1.54, 1.807) is 13.2 Å². The molecule has 0 spiro atoms. The lowest BCUT2D eigenvalue weighted by Gasteiger charge is -2.30. The number of nitrogens with zero attached hydrogens (tertiary/aromatic N) is 3. The highest BCUT2D eigenvalue weighted by molar-refractivity contribution is 14.0. The van der Waals surface area contributed by atoms with Crippen molar-refractivity contribution in [3.8, 4) is 5.75 Å². The van der Waals surface area contributed by atoms with E-state index in [1.165, 1.54) is 5.56 Å². The molecule has 0 fully saturated rings. The lowest BCUT2D eigenvalue weighted by Crippen LogP contribution is -2.41. The second-order valence-corrected chi connectivity index (χ2v) is 7.89. The van der Waals surface area contributed by atoms with Gasteiger partial charge in [-0.05, 0) is 63.9 Å². The Kier molecular flexibility index (Phi) is 13.2. The molecule has 0 aliphatic rings. The van der Waals surface area contributed by atoms with Gasteiger partial charge in [-0.25, -0.2) is 0 Å². The first kappa shape index (κ1) is 27.2. The van der Waals surface area contributed by atoms with E-state index in [4.69, 9.17) is 4.74 Å². The highest BCUT2D eigenvalue weighted by Crippen LogP contribution is 2.13. The zero-order valence-corrected chi connectivity index (χ0v) is 21.8. The summed E-state index contributed by atoms with van der Waals surface area (Å²) in [4.78, 5) is 11.1. The van der Waals surface area contributed by atoms with Crippen molar-refractivity contribution in [2.24, 2.45) is 4.99 Å². The summed E-state index contributed by atoms with van der Waals surface area (Å²) in [6.45, 7) is 12.2. The molecule has 0 atom stereocenters. The van der Waals surface area contributed by atoms with Gasteiger partial charge in [0.2, 0.25) is 0 Å². The molecule has 0 aliphatic heterocycles. The molecule has 1 aromatic heterocycles. The van der Waals surface area contributed by atoms with Gasteiger partial charge in [0.25, 0.3) is 0 Å². The van der Waals surface area contributed by atoms with E-state index in [9.17, 15) is 0 Å². The van der Waals surface area contributed by atoms with E-state index < -0.39 is 0 Å². The van der Waals surface area contributed by atoms with Crippen LogP contribution in [0.2, 0.25) is 0 Å². The second kappa shape index (κ2) is 15.0. The Morgan fingerprint density at radius 1 is 1.03 bits per heavy atom. The van der Waals surface area contributed by atoms with Gasteiger partial charge >= 0.3 is 0 Å². The van der Waals surface area contributed by atoms with Gasteiger partial charge in [0, 0.05) is 45.0 Å². The lowest BCUT2D eigenvalue weighted by atomic mass is 10.2. The minimum atomic E-state index is 0. The summed E-state index contributed by atoms with van der Waals surface area (Å²) in [6, 6.07) is 15.1. The Labute approximate surface area is 204 Å². The van der Waals surface area contributed by atoms with Crippen LogP contribution in [-0.2, 0) is 13.2 Å². The molecule has 31 heavy (non-hydrogen) atoms. The predicted molar refractivity (Wildman–Crippen MR) is 140 cm³/mol. The molecule has 6 nitrogen and oxygen atoms in total. The number of pyridine rings is 1. The number of benzene rings is 1. The Bertz CT molecular complexity index is 742. The van der Waals surface area contributed by atoms with Crippen molar-refractivity contribution in [3.63, 3.8) is 0 Å². The van der Waals surface area contributed by atoms with Crippen LogP contribution in [0.15, 0.2) is 53.7 Å². The van der Waals surface area contributed by atoms with Crippen LogP contribution < -0.4 is 15.4 Å². The second-order valence-electron chi connectivity index (χ2n) is 7.89. The number of hydrogen-bond donors (Lipinski definition) is 2. The van der Waals surface area contributed by atoms with Gasteiger partial charge in [-0.1, -0.05) is 18.2 Å². The first-order chi connectivity index (χ1) is 14.5. The number of nitrogens with one attached hydrogen (secondary N) is 2. The van der Waals surface area contributed by atoms with E-state index in [2.05, 4.69) is 65.3 Å². The molecule has 2 N–H and O–H groups in total. The molecular weight excluding hydrogens is 501 g/mol. The van der Waals surface area contributed by atoms with Crippen LogP contribution in [0.5, 0.6) is 5.75 Å². The third-order valence-corrected chi connectivity index (χ3v) is 4.93. The third-order valence-electron chi connectivity index (χ3n) is 4.93. The summed E-state index contributed by atoms with van der Waals surface area (Å²) in [7, 11) is 1.80. The van der Waals surface area contributed by atoms with E-state index in [-0.39, 0.29) is 24.0 Å². The smallest absolute Gasteiger partial charge is 0.191 e. The summed E-state index contributed by atoms with van der Waals surface area (Å²) >= 11 is 0. The van der Waals surface area contributed by atoms with Gasteiger partial charge in [0.15, 0.2) is 5.96 Å². The first-order valence-corrected chi connectivity index (χ1v) is 10.8. The molecule has 172 valence electrons. The van der Waals surface area contributed by atoms with Crippen LogP contribution in [0.25, 0.3) is 0 Å². The van der Waals surface area contributed by atoms with Crippen LogP contribution in [0, 0.1) is 0 Å². The SMILES string of the molecule is CN=C(NCCCN(C(C)C)C(C)C)NCc1ccc(OCc2ccccn2)cc1.I. The number of rotatable bonds is 11. The standard InChI is InChI=1S/C24H37N5O.HI/c1-19(2)29(20(3)4)16-8-15-27-24(25-5)28-17-21-10-12-23(13-11-21)30-18-22-9-6-7-14-26-22;/h6-7,9-14,19-20H,8,15-18H2,1-5H3,(H2,25,27,28);1H. The molecule has 2 aromatic rings. The fourth-order valence-electron chi connectivity index (χ4n) is 3.33. The first-order valence-electron chi connectivity index (χ1n) is 10.8. The van der Waals surface area contributed by atoms with E-state index >= 15 is 0 Å². The van der Waals surface area contributed by atoms with E-state index in [0.29, 0.717) is 25.2 Å². The van der Waals surface area contributed by atoms with Crippen molar-refractivity contribution in [2.45, 2.75) is 59.4 Å². The van der Waals surface area contributed by atoms with Crippen molar-refractivity contribution >= 4 is 29.9 Å². The van der Waals surface area contributed by atoms with Gasteiger partial charge in [-0.3, -0.25) is 14.9 Å². The van der Waals surface area contributed by atoms with Crippen molar-refractivity contribution in [3.05, 3.63) is 59.9 Å². The van der Waals surface area contributed by atoms with Gasteiger partial charge in [-0.2, -0.15) is 0 Å². The summed E-state index contributed by atoms with van der Waals surface area (Å²) in [5.74, 6) is 1.66. The van der Waals surface area contributed by atoms with Gasteiger partial charge in [-0.15, -0.1) is 24.0 Å².